The average molecular weight is 244 g/mol. The quantitative estimate of drug-likeness (QED) is 0.450. The van der Waals surface area contributed by atoms with E-state index in [0.717, 1.165) is 33.4 Å². The Morgan fingerprint density at radius 2 is 1.58 bits per heavy atom. The molecule has 0 atom stereocenters. The third-order valence-corrected chi connectivity index (χ3v) is 3.85. The van der Waals surface area contributed by atoms with Gasteiger partial charge in [0.1, 0.15) is 0 Å². The first-order chi connectivity index (χ1) is 9.25. The molecule has 0 bridgehead atoms. The van der Waals surface area contributed by atoms with Gasteiger partial charge in [-0.05, 0) is 35.2 Å². The number of aryl methyl sites for hydroxylation is 1. The van der Waals surface area contributed by atoms with Crippen molar-refractivity contribution in [3.05, 3.63) is 71.3 Å². The van der Waals surface area contributed by atoms with Crippen LogP contribution < -0.4 is 0 Å². The van der Waals surface area contributed by atoms with Crippen molar-refractivity contribution < 1.29 is 4.79 Å². The summed E-state index contributed by atoms with van der Waals surface area (Å²) in [6.45, 7) is 2.06. The molecule has 1 aromatic carbocycles. The Kier molecular flexibility index (Phi) is 1.96. The molecule has 0 saturated heterocycles. The van der Waals surface area contributed by atoms with E-state index in [2.05, 4.69) is 25.1 Å². The Hall–Kier alpha value is -2.41. The molecule has 0 spiro atoms. The van der Waals surface area contributed by atoms with Crippen molar-refractivity contribution in [2.75, 3.05) is 0 Å². The zero-order valence-electron chi connectivity index (χ0n) is 10.6. The summed E-state index contributed by atoms with van der Waals surface area (Å²) in [7, 11) is 0. The minimum atomic E-state index is 0.159. The molecule has 0 saturated carbocycles. The van der Waals surface area contributed by atoms with E-state index in [4.69, 9.17) is 0 Å². The van der Waals surface area contributed by atoms with Crippen molar-refractivity contribution in [3.63, 3.8) is 0 Å². The molecule has 0 heterocycles. The summed E-state index contributed by atoms with van der Waals surface area (Å²) in [4.78, 5) is 12.6. The van der Waals surface area contributed by atoms with Gasteiger partial charge in [-0.1, -0.05) is 54.1 Å². The molecule has 3 aliphatic carbocycles. The Morgan fingerprint density at radius 1 is 0.737 bits per heavy atom. The van der Waals surface area contributed by atoms with Crippen LogP contribution in [0.25, 0.3) is 22.3 Å². The number of hydrogen-bond donors (Lipinski definition) is 0. The van der Waals surface area contributed by atoms with Crippen molar-refractivity contribution in [1.82, 2.24) is 0 Å². The van der Waals surface area contributed by atoms with E-state index in [1.54, 1.807) is 0 Å². The van der Waals surface area contributed by atoms with Gasteiger partial charge in [0.2, 0.25) is 0 Å². The van der Waals surface area contributed by atoms with Gasteiger partial charge in [0, 0.05) is 11.1 Å². The van der Waals surface area contributed by atoms with Gasteiger partial charge < -0.3 is 0 Å². The molecular weight excluding hydrogens is 232 g/mol. The molecular formula is C18H12O. The normalized spacial score (nSPS) is 12.6. The number of rotatable bonds is 0. The van der Waals surface area contributed by atoms with Gasteiger partial charge in [-0.2, -0.15) is 0 Å². The molecule has 1 nitrogen and oxygen atoms in total. The van der Waals surface area contributed by atoms with E-state index >= 15 is 0 Å². The van der Waals surface area contributed by atoms with Crippen molar-refractivity contribution in [2.45, 2.75) is 6.92 Å². The number of fused-ring (bicyclic) bond motifs is 5. The minimum absolute atomic E-state index is 0.159. The van der Waals surface area contributed by atoms with E-state index in [1.165, 1.54) is 5.56 Å². The first-order valence-corrected chi connectivity index (χ1v) is 6.43. The highest BCUT2D eigenvalue weighted by atomic mass is 16.1. The number of ketones is 1. The van der Waals surface area contributed by atoms with Crippen LogP contribution in [0, 0.1) is 6.92 Å². The third kappa shape index (κ3) is 1.33. The first-order valence-electron chi connectivity index (χ1n) is 6.43. The van der Waals surface area contributed by atoms with E-state index in [-0.39, 0.29) is 5.78 Å². The maximum Gasteiger partial charge on any atom is 0.194 e. The lowest BCUT2D eigenvalue weighted by molar-refractivity contribution is 0.104. The Balaban J connectivity index is 2.12. The standard InChI is InChI=1S/C18H12O/c1-11-7-8-14-15(9-11)16-10-12-5-3-2-4-6-13(12)17(16)18(14)19/h2-10H,1H3. The zero-order valence-corrected chi connectivity index (χ0v) is 10.6. The summed E-state index contributed by atoms with van der Waals surface area (Å²) in [5.41, 5.74) is 7.25. The van der Waals surface area contributed by atoms with Gasteiger partial charge in [-0.15, -0.1) is 0 Å². The second-order valence-corrected chi connectivity index (χ2v) is 5.09. The van der Waals surface area contributed by atoms with Gasteiger partial charge in [-0.25, -0.2) is 0 Å². The Bertz CT molecular complexity index is 799. The summed E-state index contributed by atoms with van der Waals surface area (Å²) in [5, 5.41) is 0. The first kappa shape index (κ1) is 10.5. The lowest BCUT2D eigenvalue weighted by atomic mass is 10.0. The number of hydrogen-bond acceptors (Lipinski definition) is 1. The van der Waals surface area contributed by atoms with Crippen LogP contribution in [-0.4, -0.2) is 5.78 Å². The summed E-state index contributed by atoms with van der Waals surface area (Å²) in [5.74, 6) is 0.159. The van der Waals surface area contributed by atoms with Crippen LogP contribution in [-0.2, 0) is 0 Å². The highest BCUT2D eigenvalue weighted by molar-refractivity contribution is 6.26. The second kappa shape index (κ2) is 3.55. The largest absolute Gasteiger partial charge is 0.289 e. The molecule has 0 radical (unpaired) electrons. The molecule has 0 fully saturated rings. The SMILES string of the molecule is Cc1ccc2c(c1)-c1cc3cccccc-3c1C2=O. The van der Waals surface area contributed by atoms with Crippen LogP contribution in [0.5, 0.6) is 0 Å². The molecule has 1 heteroatoms. The lowest BCUT2D eigenvalue weighted by Gasteiger charge is -2.00. The van der Waals surface area contributed by atoms with Gasteiger partial charge in [0.25, 0.3) is 0 Å². The molecule has 0 unspecified atom stereocenters. The van der Waals surface area contributed by atoms with Crippen LogP contribution in [0.2, 0.25) is 0 Å². The van der Waals surface area contributed by atoms with Crippen LogP contribution >= 0.6 is 0 Å². The summed E-state index contributed by atoms with van der Waals surface area (Å²) in [6.07, 6.45) is 0. The highest BCUT2D eigenvalue weighted by Crippen LogP contribution is 2.45. The maximum absolute atomic E-state index is 12.6. The fourth-order valence-corrected chi connectivity index (χ4v) is 2.96. The van der Waals surface area contributed by atoms with Crippen LogP contribution in [0.3, 0.4) is 0 Å². The van der Waals surface area contributed by atoms with E-state index in [1.807, 2.05) is 36.4 Å². The smallest absolute Gasteiger partial charge is 0.194 e. The fourth-order valence-electron chi connectivity index (χ4n) is 2.96. The van der Waals surface area contributed by atoms with Crippen molar-refractivity contribution >= 4 is 5.78 Å². The van der Waals surface area contributed by atoms with Crippen molar-refractivity contribution in [1.29, 1.82) is 0 Å². The molecule has 19 heavy (non-hydrogen) atoms. The molecule has 1 aromatic rings. The Labute approximate surface area is 111 Å². The van der Waals surface area contributed by atoms with Gasteiger partial charge in [0.15, 0.2) is 5.78 Å². The minimum Gasteiger partial charge on any atom is -0.289 e. The summed E-state index contributed by atoms with van der Waals surface area (Å²) < 4.78 is 0. The number of carbonyl (C=O) groups excluding carboxylic acids is 1. The van der Waals surface area contributed by atoms with Crippen molar-refractivity contribution in [3.8, 4) is 22.3 Å². The molecule has 90 valence electrons. The number of benzene rings is 1. The van der Waals surface area contributed by atoms with Gasteiger partial charge in [-0.3, -0.25) is 4.79 Å². The lowest BCUT2D eigenvalue weighted by Crippen LogP contribution is -1.95. The predicted octanol–water partition coefficient (Wildman–Crippen LogP) is 4.31. The number of carbonyl (C=O) groups is 1. The van der Waals surface area contributed by atoms with Gasteiger partial charge in [0.05, 0.1) is 0 Å². The summed E-state index contributed by atoms with van der Waals surface area (Å²) >= 11 is 0. The third-order valence-electron chi connectivity index (χ3n) is 3.85. The van der Waals surface area contributed by atoms with E-state index < -0.39 is 0 Å². The summed E-state index contributed by atoms with van der Waals surface area (Å²) in [6, 6.07) is 18.3. The predicted molar refractivity (Wildman–Crippen MR) is 76.7 cm³/mol. The highest BCUT2D eigenvalue weighted by Gasteiger charge is 2.31. The second-order valence-electron chi connectivity index (χ2n) is 5.09. The molecule has 0 N–H and O–H groups in total. The van der Waals surface area contributed by atoms with E-state index in [0.29, 0.717) is 0 Å². The molecule has 0 aromatic heterocycles. The van der Waals surface area contributed by atoms with Crippen LogP contribution in [0.4, 0.5) is 0 Å². The monoisotopic (exact) mass is 244 g/mol. The fraction of sp³-hybridized carbons (Fsp3) is 0.0556. The zero-order chi connectivity index (χ0) is 13.0. The molecule has 3 aliphatic rings. The Morgan fingerprint density at radius 3 is 2.47 bits per heavy atom. The van der Waals surface area contributed by atoms with Crippen LogP contribution in [0.15, 0.2) is 54.6 Å². The maximum atomic E-state index is 12.6. The molecule has 0 amide bonds. The topological polar surface area (TPSA) is 17.1 Å². The van der Waals surface area contributed by atoms with E-state index in [9.17, 15) is 4.79 Å². The van der Waals surface area contributed by atoms with Crippen molar-refractivity contribution in [2.24, 2.45) is 0 Å². The molecule has 4 rings (SSSR count). The molecule has 0 aliphatic heterocycles. The van der Waals surface area contributed by atoms with Crippen LogP contribution in [0.1, 0.15) is 21.5 Å². The average Bonchev–Trinajstić information content (AvgIpc) is 2.77. The van der Waals surface area contributed by atoms with Gasteiger partial charge >= 0.3 is 0 Å².